The minimum Gasteiger partial charge on any atom is -0.493 e. The molecule has 1 fully saturated rings. The van der Waals surface area contributed by atoms with Crippen molar-refractivity contribution in [1.29, 1.82) is 0 Å². The van der Waals surface area contributed by atoms with Crippen molar-refractivity contribution in [3.63, 3.8) is 0 Å². The topological polar surface area (TPSA) is 63.6 Å². The largest absolute Gasteiger partial charge is 0.493 e. The molecule has 1 atom stereocenters. The van der Waals surface area contributed by atoms with E-state index in [-0.39, 0.29) is 11.7 Å². The van der Waals surface area contributed by atoms with Crippen molar-refractivity contribution in [2.24, 2.45) is 5.16 Å². The monoisotopic (exact) mass is 413 g/mol. The Morgan fingerprint density at radius 1 is 1.07 bits per heavy atom. The number of benzene rings is 2. The van der Waals surface area contributed by atoms with Gasteiger partial charge in [0, 0.05) is 43.9 Å². The number of amides is 1. The summed E-state index contributed by atoms with van der Waals surface area (Å²) in [6.45, 7) is 2.52. The number of methoxy groups -OCH3 is 2. The molecule has 2 aromatic rings. The lowest BCUT2D eigenvalue weighted by Crippen LogP contribution is -2.51. The van der Waals surface area contributed by atoms with Crippen molar-refractivity contribution >= 4 is 17.3 Å². The van der Waals surface area contributed by atoms with Crippen molar-refractivity contribution < 1.29 is 23.5 Å². The number of nitrogens with zero attached hydrogens (tertiary/aromatic N) is 3. The summed E-state index contributed by atoms with van der Waals surface area (Å²) in [5, 5.41) is 4.15. The van der Waals surface area contributed by atoms with Gasteiger partial charge in [-0.15, -0.1) is 0 Å². The molecule has 1 unspecified atom stereocenters. The molecule has 1 saturated heterocycles. The average Bonchev–Trinajstić information content (AvgIpc) is 3.28. The molecule has 7 nitrogen and oxygen atoms in total. The number of carbonyl (C=O) groups is 1. The van der Waals surface area contributed by atoms with E-state index in [2.05, 4.69) is 10.1 Å². The Kier molecular flexibility index (Phi) is 5.74. The maximum absolute atomic E-state index is 13.1. The summed E-state index contributed by atoms with van der Waals surface area (Å²) in [5.74, 6) is 0.844. The van der Waals surface area contributed by atoms with Crippen LogP contribution in [0.4, 0.5) is 10.1 Å². The molecule has 2 heterocycles. The molecule has 0 bridgehead atoms. The van der Waals surface area contributed by atoms with Gasteiger partial charge < -0.3 is 24.1 Å². The smallest absolute Gasteiger partial charge is 0.267 e. The van der Waals surface area contributed by atoms with E-state index in [9.17, 15) is 9.18 Å². The first-order valence-electron chi connectivity index (χ1n) is 9.84. The van der Waals surface area contributed by atoms with Gasteiger partial charge in [-0.3, -0.25) is 4.79 Å². The number of ether oxygens (including phenoxy) is 2. The number of anilines is 1. The average molecular weight is 413 g/mol. The standard InChI is InChI=1S/C22H24FN3O4/c1-28-19-5-3-4-17(21(19)29-2)18-14-20(30-24-18)22(27)26-12-10-25(11-13-26)16-8-6-15(23)7-9-16/h3-9,20H,10-14H2,1-2H3. The quantitative estimate of drug-likeness (QED) is 0.754. The fourth-order valence-electron chi connectivity index (χ4n) is 3.82. The fourth-order valence-corrected chi connectivity index (χ4v) is 3.82. The molecule has 0 saturated carbocycles. The van der Waals surface area contributed by atoms with Gasteiger partial charge in [-0.25, -0.2) is 4.39 Å². The predicted octanol–water partition coefficient (Wildman–Crippen LogP) is 2.68. The molecular formula is C22H24FN3O4. The van der Waals surface area contributed by atoms with Crippen LogP contribution in [0, 0.1) is 5.82 Å². The number of rotatable bonds is 5. The van der Waals surface area contributed by atoms with Gasteiger partial charge in [0.15, 0.2) is 11.5 Å². The Bertz CT molecular complexity index is 940. The number of hydrogen-bond acceptors (Lipinski definition) is 6. The molecule has 1 amide bonds. The fraction of sp³-hybridized carbons (Fsp3) is 0.364. The molecule has 8 heteroatoms. The highest BCUT2D eigenvalue weighted by Crippen LogP contribution is 2.33. The highest BCUT2D eigenvalue weighted by atomic mass is 19.1. The Balaban J connectivity index is 1.37. The van der Waals surface area contributed by atoms with E-state index < -0.39 is 6.10 Å². The zero-order chi connectivity index (χ0) is 21.1. The van der Waals surface area contributed by atoms with Crippen molar-refractivity contribution in [3.8, 4) is 11.5 Å². The normalized spacial score (nSPS) is 18.6. The van der Waals surface area contributed by atoms with Crippen LogP contribution in [0.25, 0.3) is 0 Å². The van der Waals surface area contributed by atoms with E-state index in [1.165, 1.54) is 12.1 Å². The molecule has 0 aromatic heterocycles. The summed E-state index contributed by atoms with van der Waals surface area (Å²) in [6.07, 6.45) is -0.270. The molecule has 158 valence electrons. The van der Waals surface area contributed by atoms with Crippen LogP contribution >= 0.6 is 0 Å². The van der Waals surface area contributed by atoms with Gasteiger partial charge in [0.1, 0.15) is 5.82 Å². The third-order valence-electron chi connectivity index (χ3n) is 5.44. The third kappa shape index (κ3) is 3.90. The Labute approximate surface area is 174 Å². The molecular weight excluding hydrogens is 389 g/mol. The van der Waals surface area contributed by atoms with Crippen LogP contribution in [0.2, 0.25) is 0 Å². The van der Waals surface area contributed by atoms with Crippen molar-refractivity contribution in [2.75, 3.05) is 45.3 Å². The maximum atomic E-state index is 13.1. The number of halogens is 1. The van der Waals surface area contributed by atoms with Crippen LogP contribution in [0.1, 0.15) is 12.0 Å². The molecule has 0 N–H and O–H groups in total. The SMILES string of the molecule is COc1cccc(C2=NOC(C(=O)N3CCN(c4ccc(F)cc4)CC3)C2)c1OC. The molecule has 0 spiro atoms. The molecule has 30 heavy (non-hydrogen) atoms. The van der Waals surface area contributed by atoms with Gasteiger partial charge in [0.25, 0.3) is 5.91 Å². The molecule has 2 aliphatic heterocycles. The van der Waals surface area contributed by atoms with E-state index in [4.69, 9.17) is 14.3 Å². The van der Waals surface area contributed by atoms with Crippen LogP contribution in [-0.2, 0) is 9.63 Å². The Hall–Kier alpha value is -3.29. The minimum atomic E-state index is -0.645. The lowest BCUT2D eigenvalue weighted by molar-refractivity contribution is -0.142. The lowest BCUT2D eigenvalue weighted by Gasteiger charge is -2.36. The van der Waals surface area contributed by atoms with Gasteiger partial charge in [-0.1, -0.05) is 11.2 Å². The third-order valence-corrected chi connectivity index (χ3v) is 5.44. The first-order chi connectivity index (χ1) is 14.6. The van der Waals surface area contributed by atoms with Crippen molar-refractivity contribution in [2.45, 2.75) is 12.5 Å². The second kappa shape index (κ2) is 8.61. The summed E-state index contributed by atoms with van der Waals surface area (Å²) in [4.78, 5) is 22.4. The first-order valence-corrected chi connectivity index (χ1v) is 9.84. The number of para-hydroxylation sites is 1. The zero-order valence-electron chi connectivity index (χ0n) is 17.0. The van der Waals surface area contributed by atoms with Crippen LogP contribution in [0.3, 0.4) is 0 Å². The van der Waals surface area contributed by atoms with Gasteiger partial charge in [0.05, 0.1) is 19.9 Å². The van der Waals surface area contributed by atoms with Gasteiger partial charge in [0.2, 0.25) is 6.10 Å². The van der Waals surface area contributed by atoms with Gasteiger partial charge in [-0.05, 0) is 36.4 Å². The second-order valence-corrected chi connectivity index (χ2v) is 7.17. The Morgan fingerprint density at radius 2 is 1.80 bits per heavy atom. The molecule has 2 aromatic carbocycles. The van der Waals surface area contributed by atoms with Crippen LogP contribution in [0.15, 0.2) is 47.6 Å². The molecule has 0 radical (unpaired) electrons. The number of oxime groups is 1. The number of hydrogen-bond donors (Lipinski definition) is 0. The summed E-state index contributed by atoms with van der Waals surface area (Å²) in [5.41, 5.74) is 2.37. The highest BCUT2D eigenvalue weighted by molar-refractivity contribution is 6.06. The van der Waals surface area contributed by atoms with Crippen LogP contribution in [0.5, 0.6) is 11.5 Å². The van der Waals surface area contributed by atoms with Gasteiger partial charge >= 0.3 is 0 Å². The van der Waals surface area contributed by atoms with E-state index in [0.717, 1.165) is 11.3 Å². The summed E-state index contributed by atoms with van der Waals surface area (Å²) >= 11 is 0. The van der Waals surface area contributed by atoms with Gasteiger partial charge in [-0.2, -0.15) is 0 Å². The number of piperazine rings is 1. The molecule has 0 aliphatic carbocycles. The zero-order valence-corrected chi connectivity index (χ0v) is 17.0. The van der Waals surface area contributed by atoms with E-state index in [0.29, 0.717) is 49.8 Å². The lowest BCUT2D eigenvalue weighted by atomic mass is 10.0. The van der Waals surface area contributed by atoms with Crippen LogP contribution in [-0.4, -0.2) is 63.0 Å². The van der Waals surface area contributed by atoms with Crippen LogP contribution < -0.4 is 14.4 Å². The number of carbonyl (C=O) groups excluding carboxylic acids is 1. The first kappa shape index (κ1) is 20.0. The Morgan fingerprint density at radius 3 is 2.47 bits per heavy atom. The van der Waals surface area contributed by atoms with E-state index in [1.807, 2.05) is 18.2 Å². The molecule has 4 rings (SSSR count). The second-order valence-electron chi connectivity index (χ2n) is 7.17. The highest BCUT2D eigenvalue weighted by Gasteiger charge is 2.35. The maximum Gasteiger partial charge on any atom is 0.267 e. The summed E-state index contributed by atoms with van der Waals surface area (Å²) < 4.78 is 23.9. The predicted molar refractivity (Wildman–Crippen MR) is 111 cm³/mol. The molecule has 2 aliphatic rings. The minimum absolute atomic E-state index is 0.0747. The van der Waals surface area contributed by atoms with E-state index >= 15 is 0 Å². The summed E-state index contributed by atoms with van der Waals surface area (Å²) in [6, 6.07) is 11.9. The van der Waals surface area contributed by atoms with Crippen molar-refractivity contribution in [3.05, 3.63) is 53.8 Å². The van der Waals surface area contributed by atoms with Crippen molar-refractivity contribution in [1.82, 2.24) is 4.90 Å². The summed E-state index contributed by atoms with van der Waals surface area (Å²) in [7, 11) is 3.15. The van der Waals surface area contributed by atoms with E-state index in [1.54, 1.807) is 31.3 Å².